The van der Waals surface area contributed by atoms with E-state index in [9.17, 15) is 26.7 Å². The number of halogens is 5. The lowest BCUT2D eigenvalue weighted by Gasteiger charge is -2.21. The van der Waals surface area contributed by atoms with Gasteiger partial charge in [-0.15, -0.1) is 11.8 Å². The van der Waals surface area contributed by atoms with Crippen molar-refractivity contribution in [2.24, 2.45) is 5.92 Å². The summed E-state index contributed by atoms with van der Waals surface area (Å²) in [7, 11) is 0. The summed E-state index contributed by atoms with van der Waals surface area (Å²) in [6.07, 6.45) is -7.74. The summed E-state index contributed by atoms with van der Waals surface area (Å²) in [6, 6.07) is 0. The number of rotatable bonds is 11. The zero-order valence-electron chi connectivity index (χ0n) is 13.0. The van der Waals surface area contributed by atoms with Gasteiger partial charge in [0, 0.05) is 6.42 Å². The Morgan fingerprint density at radius 1 is 1.23 bits per heavy atom. The molecule has 0 aliphatic carbocycles. The number of esters is 1. The van der Waals surface area contributed by atoms with Crippen molar-refractivity contribution in [3.05, 3.63) is 0 Å². The maximum Gasteiger partial charge on any atom is 0.319 e. The summed E-state index contributed by atoms with van der Waals surface area (Å²) in [5.74, 6) is -4.09. The lowest BCUT2D eigenvalue weighted by molar-refractivity contribution is -0.142. The van der Waals surface area contributed by atoms with Gasteiger partial charge in [0.15, 0.2) is 0 Å². The van der Waals surface area contributed by atoms with Crippen LogP contribution < -0.4 is 0 Å². The van der Waals surface area contributed by atoms with Gasteiger partial charge in [-0.1, -0.05) is 13.8 Å². The lowest BCUT2D eigenvalue weighted by Crippen LogP contribution is -2.35. The molecule has 0 heterocycles. The maximum atomic E-state index is 13.1. The van der Waals surface area contributed by atoms with Crippen molar-refractivity contribution < 1.29 is 31.5 Å². The van der Waals surface area contributed by atoms with Gasteiger partial charge in [-0.3, -0.25) is 4.79 Å². The number of thioether (sulfide) groups is 1. The highest BCUT2D eigenvalue weighted by Crippen LogP contribution is 2.32. The molecule has 0 amide bonds. The zero-order valence-corrected chi connectivity index (χ0v) is 13.8. The predicted octanol–water partition coefficient (Wildman–Crippen LogP) is 4.72. The minimum absolute atomic E-state index is 0.154. The molecule has 2 unspecified atom stereocenters. The highest BCUT2D eigenvalue weighted by molar-refractivity contribution is 8.00. The van der Waals surface area contributed by atoms with Crippen LogP contribution in [0.3, 0.4) is 0 Å². The molecule has 0 fully saturated rings. The molecular formula is C14H23F5O2S. The Kier molecular flexibility index (Phi) is 10.0. The van der Waals surface area contributed by atoms with E-state index in [-0.39, 0.29) is 24.7 Å². The molecule has 0 N–H and O–H groups in total. The van der Waals surface area contributed by atoms with E-state index in [1.165, 1.54) is 0 Å². The van der Waals surface area contributed by atoms with Crippen LogP contribution in [-0.2, 0) is 9.53 Å². The third kappa shape index (κ3) is 8.19. The molecule has 0 aliphatic rings. The highest BCUT2D eigenvalue weighted by Gasteiger charge is 2.45. The van der Waals surface area contributed by atoms with E-state index in [1.54, 1.807) is 6.92 Å². The first-order valence-electron chi connectivity index (χ1n) is 7.20. The molecule has 0 radical (unpaired) electrons. The number of hydrogen-bond acceptors (Lipinski definition) is 3. The minimum atomic E-state index is -4.05. The third-order valence-electron chi connectivity index (χ3n) is 2.83. The van der Waals surface area contributed by atoms with Crippen molar-refractivity contribution in [3.63, 3.8) is 0 Å². The summed E-state index contributed by atoms with van der Waals surface area (Å²) < 4.78 is 67.8. The van der Waals surface area contributed by atoms with Crippen LogP contribution >= 0.6 is 11.8 Å². The van der Waals surface area contributed by atoms with Crippen LogP contribution in [0.15, 0.2) is 0 Å². The van der Waals surface area contributed by atoms with Crippen LogP contribution in [-0.4, -0.2) is 42.1 Å². The standard InChI is InChI=1S/C14H23F5O2S/c1-4-21-13(20)10(8-9(2)3)22-7-5-6-14(18,19)11(15)12(16)17/h9-12H,4-8H2,1-3H3. The zero-order chi connectivity index (χ0) is 17.3. The van der Waals surface area contributed by atoms with Crippen molar-refractivity contribution in [2.75, 3.05) is 12.4 Å². The summed E-state index contributed by atoms with van der Waals surface area (Å²) in [4.78, 5) is 11.7. The first kappa shape index (κ1) is 21.5. The number of carbonyl (C=O) groups is 1. The van der Waals surface area contributed by atoms with Crippen molar-refractivity contribution in [3.8, 4) is 0 Å². The van der Waals surface area contributed by atoms with E-state index in [2.05, 4.69) is 0 Å². The molecule has 0 aromatic heterocycles. The van der Waals surface area contributed by atoms with E-state index in [0.717, 1.165) is 11.8 Å². The molecule has 0 bridgehead atoms. The summed E-state index contributed by atoms with van der Waals surface area (Å²) in [5, 5.41) is -0.482. The van der Waals surface area contributed by atoms with Crippen LogP contribution in [0.1, 0.15) is 40.0 Å². The third-order valence-corrected chi connectivity index (χ3v) is 4.14. The average Bonchev–Trinajstić information content (AvgIpc) is 2.40. The summed E-state index contributed by atoms with van der Waals surface area (Å²) >= 11 is 1.14. The Hall–Kier alpha value is -0.530. The van der Waals surface area contributed by atoms with Crippen molar-refractivity contribution in [2.45, 2.75) is 63.8 Å². The second-order valence-corrected chi connectivity index (χ2v) is 6.65. The smallest absolute Gasteiger partial charge is 0.319 e. The molecule has 0 spiro atoms. The molecule has 22 heavy (non-hydrogen) atoms. The van der Waals surface area contributed by atoms with E-state index < -0.39 is 36.2 Å². The number of carbonyl (C=O) groups excluding carboxylic acids is 1. The van der Waals surface area contributed by atoms with Crippen LogP contribution in [0.4, 0.5) is 22.0 Å². The number of ether oxygens (including phenoxy) is 1. The predicted molar refractivity (Wildman–Crippen MR) is 77.4 cm³/mol. The average molecular weight is 350 g/mol. The minimum Gasteiger partial charge on any atom is -0.465 e. The van der Waals surface area contributed by atoms with Crippen molar-refractivity contribution in [1.82, 2.24) is 0 Å². The monoisotopic (exact) mass is 350 g/mol. The molecule has 2 atom stereocenters. The summed E-state index contributed by atoms with van der Waals surface area (Å²) in [5.41, 5.74) is 0. The molecule has 0 aromatic rings. The van der Waals surface area contributed by atoms with E-state index >= 15 is 0 Å². The SMILES string of the molecule is CCOC(=O)C(CC(C)C)SCCCC(F)(F)C(F)C(F)F. The molecule has 0 aromatic carbocycles. The first-order chi connectivity index (χ1) is 10.1. The van der Waals surface area contributed by atoms with E-state index in [1.807, 2.05) is 13.8 Å². The molecule has 0 rings (SSSR count). The molecule has 0 saturated heterocycles. The molecule has 0 aliphatic heterocycles. The summed E-state index contributed by atoms with van der Waals surface area (Å²) in [6.45, 7) is 5.72. The van der Waals surface area contributed by atoms with Crippen molar-refractivity contribution in [1.29, 1.82) is 0 Å². The fraction of sp³-hybridized carbons (Fsp3) is 0.929. The van der Waals surface area contributed by atoms with Gasteiger partial charge < -0.3 is 4.74 Å². The van der Waals surface area contributed by atoms with Gasteiger partial charge in [0.2, 0.25) is 6.17 Å². The van der Waals surface area contributed by atoms with Crippen LogP contribution in [0.25, 0.3) is 0 Å². The topological polar surface area (TPSA) is 26.3 Å². The molecule has 8 heteroatoms. The number of alkyl halides is 5. The molecule has 0 saturated carbocycles. The van der Waals surface area contributed by atoms with Gasteiger partial charge in [-0.05, 0) is 31.4 Å². The fourth-order valence-corrected chi connectivity index (χ4v) is 3.07. The van der Waals surface area contributed by atoms with Crippen LogP contribution in [0, 0.1) is 5.92 Å². The number of hydrogen-bond donors (Lipinski definition) is 0. The van der Waals surface area contributed by atoms with E-state index in [0.29, 0.717) is 6.42 Å². The van der Waals surface area contributed by atoms with Crippen LogP contribution in [0.5, 0.6) is 0 Å². The molecule has 2 nitrogen and oxygen atoms in total. The Balaban J connectivity index is 4.30. The quantitative estimate of drug-likeness (QED) is 0.306. The highest BCUT2D eigenvalue weighted by atomic mass is 32.2. The normalized spacial score (nSPS) is 15.2. The van der Waals surface area contributed by atoms with Gasteiger partial charge in [-0.25, -0.2) is 22.0 Å². The van der Waals surface area contributed by atoms with Crippen LogP contribution in [0.2, 0.25) is 0 Å². The van der Waals surface area contributed by atoms with Gasteiger partial charge in [0.1, 0.15) is 5.25 Å². The Morgan fingerprint density at radius 3 is 2.27 bits per heavy atom. The van der Waals surface area contributed by atoms with Crippen molar-refractivity contribution >= 4 is 17.7 Å². The maximum absolute atomic E-state index is 13.1. The van der Waals surface area contributed by atoms with Gasteiger partial charge in [-0.2, -0.15) is 0 Å². The lowest BCUT2D eigenvalue weighted by atomic mass is 10.1. The Labute approximate surface area is 132 Å². The van der Waals surface area contributed by atoms with Gasteiger partial charge in [0.25, 0.3) is 12.3 Å². The Morgan fingerprint density at radius 2 is 1.82 bits per heavy atom. The fourth-order valence-electron chi connectivity index (χ4n) is 1.75. The second kappa shape index (κ2) is 10.3. The van der Waals surface area contributed by atoms with Gasteiger partial charge in [0.05, 0.1) is 6.61 Å². The van der Waals surface area contributed by atoms with E-state index in [4.69, 9.17) is 4.74 Å². The Bertz CT molecular complexity index is 326. The first-order valence-corrected chi connectivity index (χ1v) is 8.25. The molecular weight excluding hydrogens is 327 g/mol. The largest absolute Gasteiger partial charge is 0.465 e. The van der Waals surface area contributed by atoms with Gasteiger partial charge >= 0.3 is 5.97 Å². The molecule has 132 valence electrons. The second-order valence-electron chi connectivity index (χ2n) is 5.34.